The number of nitrogens with zero attached hydrogens (tertiary/aromatic N) is 1. The van der Waals surface area contributed by atoms with Gasteiger partial charge in [0.25, 0.3) is 5.91 Å². The van der Waals surface area contributed by atoms with Gasteiger partial charge in [-0.1, -0.05) is 11.6 Å². The summed E-state index contributed by atoms with van der Waals surface area (Å²) in [6, 6.07) is 5.54. The Morgan fingerprint density at radius 1 is 1.50 bits per heavy atom. The number of anilines is 2. The maximum atomic E-state index is 11.2. The van der Waals surface area contributed by atoms with Crippen molar-refractivity contribution in [2.24, 2.45) is 7.05 Å². The molecule has 0 atom stereocenters. The number of nitrogens with one attached hydrogen (secondary N) is 2. The zero-order valence-corrected chi connectivity index (χ0v) is 11.7. The molecular weight excluding hydrogens is 278 g/mol. The first-order valence-corrected chi connectivity index (χ1v) is 6.60. The fraction of sp³-hybridized carbons (Fsp3) is 0.214. The van der Waals surface area contributed by atoms with E-state index in [1.54, 1.807) is 12.1 Å². The van der Waals surface area contributed by atoms with Crippen molar-refractivity contribution in [3.05, 3.63) is 41.2 Å². The van der Waals surface area contributed by atoms with E-state index < -0.39 is 0 Å². The van der Waals surface area contributed by atoms with Gasteiger partial charge in [0.1, 0.15) is 5.75 Å². The topological polar surface area (TPSA) is 55.3 Å². The molecule has 2 heterocycles. The smallest absolute Gasteiger partial charge is 0.262 e. The van der Waals surface area contributed by atoms with Gasteiger partial charge in [0, 0.05) is 32.1 Å². The molecule has 0 unspecified atom stereocenters. The number of carbonyl (C=O) groups excluding carboxylic acids is 1. The second kappa shape index (κ2) is 5.09. The molecule has 1 aliphatic heterocycles. The molecule has 2 N–H and O–H groups in total. The van der Waals surface area contributed by atoms with Crippen LogP contribution >= 0.6 is 11.6 Å². The van der Waals surface area contributed by atoms with Gasteiger partial charge in [-0.2, -0.15) is 0 Å². The third-order valence-electron chi connectivity index (χ3n) is 3.08. The van der Waals surface area contributed by atoms with Gasteiger partial charge in [0.2, 0.25) is 0 Å². The van der Waals surface area contributed by atoms with E-state index in [2.05, 4.69) is 10.6 Å². The molecule has 5 nitrogen and oxygen atoms in total. The molecule has 0 bridgehead atoms. The van der Waals surface area contributed by atoms with Crippen LogP contribution in [-0.2, 0) is 18.4 Å². The van der Waals surface area contributed by atoms with Gasteiger partial charge in [-0.3, -0.25) is 4.79 Å². The summed E-state index contributed by atoms with van der Waals surface area (Å²) < 4.78 is 7.36. The van der Waals surface area contributed by atoms with Crippen molar-refractivity contribution in [2.75, 3.05) is 17.2 Å². The van der Waals surface area contributed by atoms with E-state index in [1.807, 2.05) is 30.1 Å². The van der Waals surface area contributed by atoms with E-state index in [1.165, 1.54) is 0 Å². The number of aromatic nitrogens is 1. The van der Waals surface area contributed by atoms with Crippen molar-refractivity contribution in [3.8, 4) is 5.75 Å². The lowest BCUT2D eigenvalue weighted by molar-refractivity contribution is -0.118. The Morgan fingerprint density at radius 3 is 3.10 bits per heavy atom. The number of ether oxygens (including phenoxy) is 1. The first kappa shape index (κ1) is 12.9. The highest BCUT2D eigenvalue weighted by molar-refractivity contribution is 6.33. The Bertz CT molecular complexity index is 666. The summed E-state index contributed by atoms with van der Waals surface area (Å²) in [6.07, 6.45) is 4.03. The minimum Gasteiger partial charge on any atom is -0.482 e. The van der Waals surface area contributed by atoms with Crippen LogP contribution in [0, 0.1) is 0 Å². The number of aryl methyl sites for hydroxylation is 1. The Hall–Kier alpha value is -2.14. The van der Waals surface area contributed by atoms with Gasteiger partial charge in [-0.25, -0.2) is 0 Å². The zero-order chi connectivity index (χ0) is 14.1. The minimum absolute atomic E-state index is 0.0345. The third kappa shape index (κ3) is 2.58. The molecule has 1 amide bonds. The summed E-state index contributed by atoms with van der Waals surface area (Å²) in [4.78, 5) is 11.2. The van der Waals surface area contributed by atoms with Crippen LogP contribution < -0.4 is 15.4 Å². The quantitative estimate of drug-likeness (QED) is 0.914. The zero-order valence-electron chi connectivity index (χ0n) is 10.9. The number of carbonyl (C=O) groups is 1. The number of hydrogen-bond acceptors (Lipinski definition) is 3. The van der Waals surface area contributed by atoms with Crippen molar-refractivity contribution >= 4 is 28.9 Å². The molecule has 0 fully saturated rings. The summed E-state index contributed by atoms with van der Waals surface area (Å²) in [5.41, 5.74) is 2.55. The second-order valence-electron chi connectivity index (χ2n) is 4.70. The van der Waals surface area contributed by atoms with Crippen LogP contribution in [0.3, 0.4) is 0 Å². The largest absolute Gasteiger partial charge is 0.482 e. The van der Waals surface area contributed by atoms with Crippen LogP contribution in [0.15, 0.2) is 30.6 Å². The lowest BCUT2D eigenvalue weighted by atomic mass is 10.2. The Morgan fingerprint density at radius 2 is 2.35 bits per heavy atom. The van der Waals surface area contributed by atoms with E-state index in [4.69, 9.17) is 16.3 Å². The van der Waals surface area contributed by atoms with Crippen molar-refractivity contribution in [2.45, 2.75) is 6.54 Å². The molecule has 0 aliphatic carbocycles. The molecule has 1 aliphatic rings. The molecule has 0 spiro atoms. The molecular formula is C14H14ClN3O2. The number of rotatable bonds is 3. The van der Waals surface area contributed by atoms with Gasteiger partial charge in [-0.15, -0.1) is 0 Å². The summed E-state index contributed by atoms with van der Waals surface area (Å²) in [5, 5.41) is 6.54. The molecule has 6 heteroatoms. The van der Waals surface area contributed by atoms with Crippen molar-refractivity contribution in [3.63, 3.8) is 0 Å². The predicted molar refractivity (Wildman–Crippen MR) is 78.3 cm³/mol. The first-order valence-electron chi connectivity index (χ1n) is 6.23. The van der Waals surface area contributed by atoms with Crippen molar-refractivity contribution in [1.82, 2.24) is 4.57 Å². The summed E-state index contributed by atoms with van der Waals surface area (Å²) >= 11 is 6.21. The molecule has 2 aromatic rings. The van der Waals surface area contributed by atoms with Crippen LogP contribution in [0.5, 0.6) is 5.75 Å². The fourth-order valence-electron chi connectivity index (χ4n) is 2.10. The average molecular weight is 292 g/mol. The van der Waals surface area contributed by atoms with E-state index in [9.17, 15) is 4.79 Å². The highest BCUT2D eigenvalue weighted by Gasteiger charge is 2.18. The van der Waals surface area contributed by atoms with Crippen LogP contribution in [-0.4, -0.2) is 17.1 Å². The van der Waals surface area contributed by atoms with E-state index >= 15 is 0 Å². The Kier molecular flexibility index (Phi) is 3.28. The van der Waals surface area contributed by atoms with Crippen LogP contribution in [0.4, 0.5) is 11.4 Å². The Labute approximate surface area is 121 Å². The number of hydrogen-bond donors (Lipinski definition) is 2. The van der Waals surface area contributed by atoms with Crippen molar-refractivity contribution < 1.29 is 9.53 Å². The number of benzene rings is 1. The normalized spacial score (nSPS) is 13.4. The first-order chi connectivity index (χ1) is 9.61. The molecule has 20 heavy (non-hydrogen) atoms. The maximum Gasteiger partial charge on any atom is 0.262 e. The van der Waals surface area contributed by atoms with E-state index in [0.29, 0.717) is 23.0 Å². The SMILES string of the molecule is Cn1ccc(CNc2cc3c(cc2Cl)NC(=O)CO3)c1. The molecule has 1 aromatic carbocycles. The number of amides is 1. The predicted octanol–water partition coefficient (Wildman–Crippen LogP) is 2.62. The molecule has 1 aromatic heterocycles. The third-order valence-corrected chi connectivity index (χ3v) is 3.39. The average Bonchev–Trinajstić information content (AvgIpc) is 2.82. The summed E-state index contributed by atoms with van der Waals surface area (Å²) in [5.74, 6) is 0.461. The van der Waals surface area contributed by atoms with Crippen LogP contribution in [0.2, 0.25) is 5.02 Å². The Balaban J connectivity index is 1.78. The van der Waals surface area contributed by atoms with Gasteiger partial charge in [-0.05, 0) is 17.7 Å². The number of halogens is 1. The van der Waals surface area contributed by atoms with Gasteiger partial charge in [0.15, 0.2) is 6.61 Å². The lowest BCUT2D eigenvalue weighted by Crippen LogP contribution is -2.25. The minimum atomic E-state index is -0.168. The fourth-order valence-corrected chi connectivity index (χ4v) is 2.33. The van der Waals surface area contributed by atoms with Gasteiger partial charge < -0.3 is 19.9 Å². The van der Waals surface area contributed by atoms with Crippen LogP contribution in [0.25, 0.3) is 0 Å². The molecule has 0 radical (unpaired) electrons. The summed E-state index contributed by atoms with van der Waals surface area (Å²) in [7, 11) is 1.98. The molecule has 3 rings (SSSR count). The molecule has 104 valence electrons. The molecule has 0 saturated carbocycles. The van der Waals surface area contributed by atoms with Crippen molar-refractivity contribution in [1.29, 1.82) is 0 Å². The monoisotopic (exact) mass is 291 g/mol. The lowest BCUT2D eigenvalue weighted by Gasteiger charge is -2.19. The highest BCUT2D eigenvalue weighted by Crippen LogP contribution is 2.36. The highest BCUT2D eigenvalue weighted by atomic mass is 35.5. The van der Waals surface area contributed by atoms with E-state index in [-0.39, 0.29) is 12.5 Å². The second-order valence-corrected chi connectivity index (χ2v) is 5.11. The maximum absolute atomic E-state index is 11.2. The van der Waals surface area contributed by atoms with Gasteiger partial charge >= 0.3 is 0 Å². The van der Waals surface area contributed by atoms with Crippen LogP contribution in [0.1, 0.15) is 5.56 Å². The van der Waals surface area contributed by atoms with Gasteiger partial charge in [0.05, 0.1) is 16.4 Å². The summed E-state index contributed by atoms with van der Waals surface area (Å²) in [6.45, 7) is 0.707. The molecule has 0 saturated heterocycles. The standard InChI is InChI=1S/C14H14ClN3O2/c1-18-3-2-9(7-18)6-16-11-5-13-12(4-10(11)15)17-14(19)8-20-13/h2-5,7,16H,6,8H2,1H3,(H,17,19). The number of fused-ring (bicyclic) bond motifs is 1. The van der Waals surface area contributed by atoms with E-state index in [0.717, 1.165) is 11.3 Å².